The largest absolute Gasteiger partial charge is 0.488 e. The molecule has 1 aromatic heterocycles. The Balaban J connectivity index is 1.81. The lowest BCUT2D eigenvalue weighted by Gasteiger charge is -2.23. The number of unbranched alkanes of at least 4 members (excludes halogenated alkanes) is 4. The minimum atomic E-state index is 0.0154. The topological polar surface area (TPSA) is 43.3 Å². The quantitative estimate of drug-likeness (QED) is 0.713. The fourth-order valence-electron chi connectivity index (χ4n) is 3.01. The van der Waals surface area contributed by atoms with E-state index in [0.29, 0.717) is 18.3 Å². The number of rotatable bonds is 9. The molecule has 0 aromatic carbocycles. The predicted octanol–water partition coefficient (Wildman–Crippen LogP) is 3.20. The van der Waals surface area contributed by atoms with Crippen LogP contribution in [0.15, 0.2) is 23.1 Å². The zero-order chi connectivity index (χ0) is 15.6. The maximum Gasteiger partial charge on any atom is 0.292 e. The lowest BCUT2D eigenvalue weighted by molar-refractivity contribution is 0.292. The smallest absolute Gasteiger partial charge is 0.292 e. The van der Waals surface area contributed by atoms with Gasteiger partial charge in [0.05, 0.1) is 6.61 Å². The van der Waals surface area contributed by atoms with Crippen LogP contribution < -0.4 is 15.6 Å². The first kappa shape index (κ1) is 17.1. The molecule has 2 heterocycles. The van der Waals surface area contributed by atoms with E-state index in [1.165, 1.54) is 38.5 Å². The van der Waals surface area contributed by atoms with Crippen molar-refractivity contribution in [3.63, 3.8) is 0 Å². The van der Waals surface area contributed by atoms with Crippen LogP contribution in [0.1, 0.15) is 51.9 Å². The molecule has 1 aliphatic heterocycles. The van der Waals surface area contributed by atoms with E-state index in [0.717, 1.165) is 26.1 Å². The minimum Gasteiger partial charge on any atom is -0.488 e. The number of piperidine rings is 1. The molecule has 1 saturated heterocycles. The summed E-state index contributed by atoms with van der Waals surface area (Å²) in [6.45, 7) is 5.76. The van der Waals surface area contributed by atoms with Crippen LogP contribution >= 0.6 is 0 Å². The number of aromatic nitrogens is 1. The number of pyridine rings is 1. The summed E-state index contributed by atoms with van der Waals surface area (Å²) in [7, 11) is 0. The third kappa shape index (κ3) is 5.48. The van der Waals surface area contributed by atoms with Crippen molar-refractivity contribution in [1.82, 2.24) is 9.88 Å². The highest BCUT2D eigenvalue weighted by molar-refractivity contribution is 5.17. The first-order valence-corrected chi connectivity index (χ1v) is 8.84. The van der Waals surface area contributed by atoms with Crippen molar-refractivity contribution in [2.75, 3.05) is 19.7 Å². The standard InChI is InChI=1S/C18H30N2O2/c1-2-3-4-5-6-13-22-17-10-8-12-20(18(17)21)15-16-9-7-11-19-14-16/h8,10,12,16,19H,2-7,9,11,13-15H2,1H3. The maximum absolute atomic E-state index is 12.4. The molecule has 22 heavy (non-hydrogen) atoms. The van der Waals surface area contributed by atoms with Gasteiger partial charge in [-0.3, -0.25) is 4.79 Å². The van der Waals surface area contributed by atoms with Crippen molar-refractivity contribution in [2.24, 2.45) is 5.92 Å². The predicted molar refractivity (Wildman–Crippen MR) is 90.5 cm³/mol. The lowest BCUT2D eigenvalue weighted by atomic mass is 10.00. The molecule has 1 N–H and O–H groups in total. The SMILES string of the molecule is CCCCCCCOc1cccn(CC2CCCNC2)c1=O. The maximum atomic E-state index is 12.4. The van der Waals surface area contributed by atoms with E-state index in [4.69, 9.17) is 4.74 Å². The number of ether oxygens (including phenoxy) is 1. The fraction of sp³-hybridized carbons (Fsp3) is 0.722. The second-order valence-corrected chi connectivity index (χ2v) is 6.31. The zero-order valence-electron chi connectivity index (χ0n) is 13.9. The van der Waals surface area contributed by atoms with Crippen LogP contribution in [-0.2, 0) is 6.54 Å². The molecule has 0 aliphatic carbocycles. The fourth-order valence-corrected chi connectivity index (χ4v) is 3.01. The first-order chi connectivity index (χ1) is 10.8. The van der Waals surface area contributed by atoms with Crippen LogP contribution in [0.5, 0.6) is 5.75 Å². The molecule has 1 fully saturated rings. The van der Waals surface area contributed by atoms with Gasteiger partial charge in [-0.05, 0) is 50.4 Å². The van der Waals surface area contributed by atoms with Gasteiger partial charge in [-0.2, -0.15) is 0 Å². The van der Waals surface area contributed by atoms with E-state index >= 15 is 0 Å². The van der Waals surface area contributed by atoms with Gasteiger partial charge in [-0.15, -0.1) is 0 Å². The highest BCUT2D eigenvalue weighted by Crippen LogP contribution is 2.12. The Morgan fingerprint density at radius 1 is 1.32 bits per heavy atom. The van der Waals surface area contributed by atoms with Gasteiger partial charge in [0, 0.05) is 12.7 Å². The van der Waals surface area contributed by atoms with Crippen LogP contribution in [-0.4, -0.2) is 24.3 Å². The van der Waals surface area contributed by atoms with E-state index in [1.807, 2.05) is 16.8 Å². The Kier molecular flexibility index (Phi) is 7.50. The molecule has 1 unspecified atom stereocenters. The van der Waals surface area contributed by atoms with Crippen LogP contribution in [0.2, 0.25) is 0 Å². The van der Waals surface area contributed by atoms with Gasteiger partial charge in [-0.1, -0.05) is 32.6 Å². The minimum absolute atomic E-state index is 0.0154. The zero-order valence-corrected chi connectivity index (χ0v) is 13.9. The monoisotopic (exact) mass is 306 g/mol. The highest BCUT2D eigenvalue weighted by atomic mass is 16.5. The van der Waals surface area contributed by atoms with E-state index in [-0.39, 0.29) is 5.56 Å². The molecule has 0 bridgehead atoms. The average Bonchev–Trinajstić information content (AvgIpc) is 2.55. The van der Waals surface area contributed by atoms with Crippen LogP contribution in [0, 0.1) is 5.92 Å². The van der Waals surface area contributed by atoms with E-state index in [9.17, 15) is 4.79 Å². The second kappa shape index (κ2) is 9.67. The molecular weight excluding hydrogens is 276 g/mol. The Morgan fingerprint density at radius 2 is 2.18 bits per heavy atom. The summed E-state index contributed by atoms with van der Waals surface area (Å²) in [4.78, 5) is 12.4. The molecule has 0 spiro atoms. The molecule has 0 amide bonds. The van der Waals surface area contributed by atoms with E-state index in [1.54, 1.807) is 6.07 Å². The molecule has 0 saturated carbocycles. The Bertz CT molecular complexity index is 478. The van der Waals surface area contributed by atoms with Gasteiger partial charge >= 0.3 is 0 Å². The van der Waals surface area contributed by atoms with Gasteiger partial charge in [0.1, 0.15) is 0 Å². The Hall–Kier alpha value is -1.29. The van der Waals surface area contributed by atoms with Gasteiger partial charge in [0.25, 0.3) is 5.56 Å². The Labute approximate surface area is 133 Å². The van der Waals surface area contributed by atoms with Crippen molar-refractivity contribution in [2.45, 2.75) is 58.4 Å². The van der Waals surface area contributed by atoms with Crippen molar-refractivity contribution in [1.29, 1.82) is 0 Å². The van der Waals surface area contributed by atoms with Crippen LogP contribution in [0.4, 0.5) is 0 Å². The van der Waals surface area contributed by atoms with Gasteiger partial charge in [-0.25, -0.2) is 0 Å². The van der Waals surface area contributed by atoms with Crippen molar-refractivity contribution in [3.05, 3.63) is 28.7 Å². The Morgan fingerprint density at radius 3 is 2.95 bits per heavy atom. The average molecular weight is 306 g/mol. The summed E-state index contributed by atoms with van der Waals surface area (Å²) in [6, 6.07) is 3.72. The normalized spacial score (nSPS) is 18.3. The molecule has 0 radical (unpaired) electrons. The van der Waals surface area contributed by atoms with Gasteiger partial charge in [0.2, 0.25) is 0 Å². The van der Waals surface area contributed by atoms with Crippen molar-refractivity contribution < 1.29 is 4.74 Å². The third-order valence-electron chi connectivity index (χ3n) is 4.34. The summed E-state index contributed by atoms with van der Waals surface area (Å²) in [5, 5.41) is 3.40. The summed E-state index contributed by atoms with van der Waals surface area (Å²) in [5.74, 6) is 1.05. The van der Waals surface area contributed by atoms with Crippen molar-refractivity contribution in [3.8, 4) is 5.75 Å². The molecule has 124 valence electrons. The number of hydrogen-bond acceptors (Lipinski definition) is 3. The summed E-state index contributed by atoms with van der Waals surface area (Å²) in [6.07, 6.45) is 10.3. The molecular formula is C18H30N2O2. The van der Waals surface area contributed by atoms with Crippen molar-refractivity contribution >= 4 is 0 Å². The van der Waals surface area contributed by atoms with Crippen LogP contribution in [0.25, 0.3) is 0 Å². The van der Waals surface area contributed by atoms with E-state index in [2.05, 4.69) is 12.2 Å². The molecule has 1 atom stereocenters. The molecule has 4 nitrogen and oxygen atoms in total. The first-order valence-electron chi connectivity index (χ1n) is 8.84. The molecule has 2 rings (SSSR count). The van der Waals surface area contributed by atoms with Crippen LogP contribution in [0.3, 0.4) is 0 Å². The summed E-state index contributed by atoms with van der Waals surface area (Å²) in [5.41, 5.74) is 0.0154. The van der Waals surface area contributed by atoms with Gasteiger partial charge in [0.15, 0.2) is 5.75 Å². The summed E-state index contributed by atoms with van der Waals surface area (Å²) >= 11 is 0. The lowest BCUT2D eigenvalue weighted by Crippen LogP contribution is -2.34. The van der Waals surface area contributed by atoms with E-state index < -0.39 is 0 Å². The highest BCUT2D eigenvalue weighted by Gasteiger charge is 2.14. The third-order valence-corrected chi connectivity index (χ3v) is 4.34. The number of nitrogens with zero attached hydrogens (tertiary/aromatic N) is 1. The number of hydrogen-bond donors (Lipinski definition) is 1. The van der Waals surface area contributed by atoms with Gasteiger partial charge < -0.3 is 14.6 Å². The molecule has 1 aliphatic rings. The number of nitrogens with one attached hydrogen (secondary N) is 1. The molecule has 1 aromatic rings. The summed E-state index contributed by atoms with van der Waals surface area (Å²) < 4.78 is 7.51. The second-order valence-electron chi connectivity index (χ2n) is 6.31. The molecule has 4 heteroatoms.